The van der Waals surface area contributed by atoms with Crippen molar-refractivity contribution in [2.45, 2.75) is 12.6 Å². The maximum Gasteiger partial charge on any atom is 0.416 e. The van der Waals surface area contributed by atoms with Gasteiger partial charge in [0, 0.05) is 5.56 Å². The van der Waals surface area contributed by atoms with Crippen molar-refractivity contribution in [2.75, 3.05) is 7.11 Å². The first-order valence-electron chi connectivity index (χ1n) is 8.27. The van der Waals surface area contributed by atoms with Crippen LogP contribution in [0.4, 0.5) is 17.6 Å². The summed E-state index contributed by atoms with van der Waals surface area (Å²) in [6.07, 6.45) is -3.03. The van der Waals surface area contributed by atoms with E-state index in [1.165, 1.54) is 31.4 Å². The largest absolute Gasteiger partial charge is 0.465 e. The van der Waals surface area contributed by atoms with E-state index in [-0.39, 0.29) is 0 Å². The number of carbonyl (C=O) groups excluding carboxylic acids is 1. The molecule has 0 amide bonds. The minimum atomic E-state index is -4.40. The number of hydrogen-bond donors (Lipinski definition) is 0. The van der Waals surface area contributed by atoms with Crippen LogP contribution < -0.4 is 0 Å². The molecule has 3 rings (SSSR count). The van der Waals surface area contributed by atoms with Crippen LogP contribution in [0.1, 0.15) is 27.0 Å². The zero-order chi connectivity index (χ0) is 20.3. The number of benzene rings is 2. The number of alkyl halides is 3. The van der Waals surface area contributed by atoms with E-state index in [0.717, 1.165) is 23.9 Å². The van der Waals surface area contributed by atoms with Crippen molar-refractivity contribution < 1.29 is 27.1 Å². The van der Waals surface area contributed by atoms with Crippen molar-refractivity contribution in [2.24, 2.45) is 0 Å². The Morgan fingerprint density at radius 1 is 1.04 bits per heavy atom. The Hall–Kier alpha value is -3.22. The highest BCUT2D eigenvalue weighted by atomic mass is 19.4. The van der Waals surface area contributed by atoms with Gasteiger partial charge < -0.3 is 4.74 Å². The van der Waals surface area contributed by atoms with E-state index in [9.17, 15) is 22.4 Å². The van der Waals surface area contributed by atoms with Gasteiger partial charge in [0.05, 0.1) is 30.1 Å². The van der Waals surface area contributed by atoms with E-state index in [0.29, 0.717) is 28.8 Å². The topological polar surface area (TPSA) is 39.2 Å². The summed E-state index contributed by atoms with van der Waals surface area (Å²) in [6.45, 7) is 0. The number of rotatable bonds is 4. The van der Waals surface area contributed by atoms with Crippen LogP contribution in [0.15, 0.2) is 60.8 Å². The van der Waals surface area contributed by atoms with Gasteiger partial charge in [-0.2, -0.15) is 13.2 Å². The van der Waals surface area contributed by atoms with E-state index in [1.54, 1.807) is 18.2 Å². The van der Waals surface area contributed by atoms with Crippen molar-refractivity contribution in [3.8, 4) is 11.3 Å². The molecule has 0 radical (unpaired) electrons. The Morgan fingerprint density at radius 3 is 2.32 bits per heavy atom. The Labute approximate surface area is 158 Å². The molecule has 0 unspecified atom stereocenters. The molecule has 0 aliphatic heterocycles. The molecule has 0 aliphatic carbocycles. The fraction of sp³-hybridized carbons (Fsp3) is 0.143. The van der Waals surface area contributed by atoms with Crippen LogP contribution in [0.25, 0.3) is 11.3 Å². The first kappa shape index (κ1) is 19.5. The average Bonchev–Trinajstić information content (AvgIpc) is 2.68. The fourth-order valence-electron chi connectivity index (χ4n) is 2.78. The molecule has 0 N–H and O–H groups in total. The van der Waals surface area contributed by atoms with Crippen LogP contribution in [0.3, 0.4) is 0 Å². The van der Waals surface area contributed by atoms with E-state index in [1.807, 2.05) is 0 Å². The van der Waals surface area contributed by atoms with E-state index >= 15 is 0 Å². The molecule has 3 nitrogen and oxygen atoms in total. The second kappa shape index (κ2) is 7.80. The number of ether oxygens (including phenoxy) is 1. The van der Waals surface area contributed by atoms with Crippen LogP contribution in [0.5, 0.6) is 0 Å². The van der Waals surface area contributed by atoms with E-state index < -0.39 is 23.5 Å². The number of hydrogen-bond acceptors (Lipinski definition) is 3. The zero-order valence-electron chi connectivity index (χ0n) is 14.8. The minimum Gasteiger partial charge on any atom is -0.465 e. The minimum absolute atomic E-state index is 0.291. The van der Waals surface area contributed by atoms with Gasteiger partial charge in [0.25, 0.3) is 0 Å². The number of pyridine rings is 1. The SMILES string of the molecule is COC(=O)c1ccc(Cc2ccc(C(F)(F)F)cc2)c(-c2ccc(F)cn2)c1. The Balaban J connectivity index is 2.00. The summed E-state index contributed by atoms with van der Waals surface area (Å²) < 4.78 is 56.1. The Bertz CT molecular complexity index is 981. The highest BCUT2D eigenvalue weighted by molar-refractivity contribution is 5.91. The molecular formula is C21H15F4NO2. The summed E-state index contributed by atoms with van der Waals surface area (Å²) in [5.41, 5.74) is 1.96. The van der Waals surface area contributed by atoms with Crippen LogP contribution in [0, 0.1) is 5.82 Å². The highest BCUT2D eigenvalue weighted by Crippen LogP contribution is 2.30. The van der Waals surface area contributed by atoms with Crippen LogP contribution >= 0.6 is 0 Å². The van der Waals surface area contributed by atoms with Crippen molar-refractivity contribution in [1.82, 2.24) is 4.98 Å². The van der Waals surface area contributed by atoms with Gasteiger partial charge in [0.2, 0.25) is 0 Å². The third kappa shape index (κ3) is 4.36. The molecule has 0 fully saturated rings. The lowest BCUT2D eigenvalue weighted by molar-refractivity contribution is -0.137. The molecule has 0 saturated heterocycles. The summed E-state index contributed by atoms with van der Waals surface area (Å²) in [7, 11) is 1.26. The molecular weight excluding hydrogens is 374 g/mol. The van der Waals surface area contributed by atoms with Gasteiger partial charge >= 0.3 is 12.1 Å². The number of esters is 1. The van der Waals surface area contributed by atoms with E-state index in [4.69, 9.17) is 4.74 Å². The monoisotopic (exact) mass is 389 g/mol. The summed E-state index contributed by atoms with van der Waals surface area (Å²) in [6, 6.07) is 12.4. The fourth-order valence-corrected chi connectivity index (χ4v) is 2.78. The number of nitrogens with zero attached hydrogens (tertiary/aromatic N) is 1. The molecule has 0 saturated carbocycles. The summed E-state index contributed by atoms with van der Waals surface area (Å²) in [4.78, 5) is 15.9. The lowest BCUT2D eigenvalue weighted by Crippen LogP contribution is -2.05. The Morgan fingerprint density at radius 2 is 1.75 bits per heavy atom. The first-order chi connectivity index (χ1) is 13.3. The van der Waals surface area contributed by atoms with Gasteiger partial charge in [-0.25, -0.2) is 9.18 Å². The number of methoxy groups -OCH3 is 1. The first-order valence-corrected chi connectivity index (χ1v) is 8.27. The predicted molar refractivity (Wildman–Crippen MR) is 95.2 cm³/mol. The standard InChI is InChI=1S/C21H15F4NO2/c1-28-20(27)15-5-4-14(18(11-15)19-9-8-17(22)12-26-19)10-13-2-6-16(7-3-13)21(23,24)25/h2-9,11-12H,10H2,1H3. The molecule has 0 bridgehead atoms. The lowest BCUT2D eigenvalue weighted by Gasteiger charge is -2.12. The van der Waals surface area contributed by atoms with Crippen molar-refractivity contribution in [1.29, 1.82) is 0 Å². The number of aromatic nitrogens is 1. The van der Waals surface area contributed by atoms with Gasteiger partial charge in [-0.05, 0) is 53.9 Å². The van der Waals surface area contributed by atoms with Crippen molar-refractivity contribution in [3.05, 3.63) is 88.9 Å². The molecule has 1 heterocycles. The molecule has 28 heavy (non-hydrogen) atoms. The second-order valence-corrected chi connectivity index (χ2v) is 6.10. The lowest BCUT2D eigenvalue weighted by atomic mass is 9.95. The van der Waals surface area contributed by atoms with Crippen LogP contribution in [-0.2, 0) is 17.3 Å². The predicted octanol–water partition coefficient (Wildman–Crippen LogP) is 5.28. The Kier molecular flexibility index (Phi) is 5.44. The highest BCUT2D eigenvalue weighted by Gasteiger charge is 2.29. The zero-order valence-corrected chi connectivity index (χ0v) is 14.8. The molecule has 2 aromatic carbocycles. The van der Waals surface area contributed by atoms with Gasteiger partial charge in [0.1, 0.15) is 5.82 Å². The van der Waals surface area contributed by atoms with Crippen molar-refractivity contribution >= 4 is 5.97 Å². The smallest absolute Gasteiger partial charge is 0.416 e. The summed E-state index contributed by atoms with van der Waals surface area (Å²) in [5.74, 6) is -1.04. The normalized spacial score (nSPS) is 11.3. The second-order valence-electron chi connectivity index (χ2n) is 6.10. The summed E-state index contributed by atoms with van der Waals surface area (Å²) in [5, 5.41) is 0. The maximum atomic E-state index is 13.2. The van der Waals surface area contributed by atoms with Gasteiger partial charge in [-0.3, -0.25) is 4.98 Å². The summed E-state index contributed by atoms with van der Waals surface area (Å²) >= 11 is 0. The number of halogens is 4. The van der Waals surface area contributed by atoms with Crippen molar-refractivity contribution in [3.63, 3.8) is 0 Å². The van der Waals surface area contributed by atoms with E-state index in [2.05, 4.69) is 4.98 Å². The van der Waals surface area contributed by atoms with Crippen LogP contribution in [-0.4, -0.2) is 18.1 Å². The van der Waals surface area contributed by atoms with Gasteiger partial charge in [-0.1, -0.05) is 18.2 Å². The van der Waals surface area contributed by atoms with Crippen LogP contribution in [0.2, 0.25) is 0 Å². The quantitative estimate of drug-likeness (QED) is 0.450. The molecule has 0 spiro atoms. The third-order valence-electron chi connectivity index (χ3n) is 4.21. The molecule has 0 aliphatic rings. The molecule has 3 aromatic rings. The maximum absolute atomic E-state index is 13.2. The molecule has 1 aromatic heterocycles. The molecule has 7 heteroatoms. The average molecular weight is 389 g/mol. The van der Waals surface area contributed by atoms with Gasteiger partial charge in [0.15, 0.2) is 0 Å². The molecule has 0 atom stereocenters. The molecule has 144 valence electrons. The van der Waals surface area contributed by atoms with Gasteiger partial charge in [-0.15, -0.1) is 0 Å². The third-order valence-corrected chi connectivity index (χ3v) is 4.21. The number of carbonyl (C=O) groups is 1.